The molecule has 1 spiro atoms. The fraction of sp³-hybridized carbons (Fsp3) is 0.500. The number of likely N-dealkylation sites (tertiary alicyclic amines) is 1. The van der Waals surface area contributed by atoms with Crippen molar-refractivity contribution in [3.05, 3.63) is 35.0 Å². The van der Waals surface area contributed by atoms with Crippen molar-refractivity contribution in [3.8, 4) is 0 Å². The van der Waals surface area contributed by atoms with Gasteiger partial charge in [-0.15, -0.1) is 0 Å². The summed E-state index contributed by atoms with van der Waals surface area (Å²) in [4.78, 5) is 29.9. The number of rotatable bonds is 1. The summed E-state index contributed by atoms with van der Waals surface area (Å²) in [5.41, 5.74) is 4.00. The van der Waals surface area contributed by atoms with Crippen LogP contribution in [0.2, 0.25) is 0 Å². The number of ether oxygens (including phenoxy) is 1. The molecule has 2 N–H and O–H groups in total. The highest BCUT2D eigenvalue weighted by Crippen LogP contribution is 2.32. The number of carbonyl (C=O) groups excluding carboxylic acids is 2. The number of aryl methyl sites for hydroxylation is 2. The van der Waals surface area contributed by atoms with Gasteiger partial charge in [-0.3, -0.25) is 4.79 Å². The van der Waals surface area contributed by atoms with E-state index in [1.165, 1.54) is 29.5 Å². The number of H-pyrrole nitrogens is 1. The predicted molar refractivity (Wildman–Crippen MR) is 97.3 cm³/mol. The minimum absolute atomic E-state index is 0.0275. The maximum Gasteiger partial charge on any atom is 0.407 e. The molecule has 2 saturated heterocycles. The third-order valence-electron chi connectivity index (χ3n) is 6.04. The van der Waals surface area contributed by atoms with E-state index in [0.717, 1.165) is 36.8 Å². The SMILES string of the molecule is O=C1NCC2(CCCN(C(=O)c3ccc4[nH]c5c(c4c3)CCCC5)C2)O1. The van der Waals surface area contributed by atoms with Crippen LogP contribution in [0.4, 0.5) is 4.79 Å². The van der Waals surface area contributed by atoms with Gasteiger partial charge in [0.15, 0.2) is 0 Å². The molecule has 1 unspecified atom stereocenters. The van der Waals surface area contributed by atoms with Gasteiger partial charge in [0.2, 0.25) is 0 Å². The summed E-state index contributed by atoms with van der Waals surface area (Å²) < 4.78 is 5.49. The van der Waals surface area contributed by atoms with Crippen molar-refractivity contribution in [2.24, 2.45) is 0 Å². The largest absolute Gasteiger partial charge is 0.439 e. The van der Waals surface area contributed by atoms with Crippen LogP contribution in [0.1, 0.15) is 47.3 Å². The Hall–Kier alpha value is -2.50. The summed E-state index contributed by atoms with van der Waals surface area (Å²) >= 11 is 0. The van der Waals surface area contributed by atoms with Crippen LogP contribution in [0.3, 0.4) is 0 Å². The zero-order valence-electron chi connectivity index (χ0n) is 14.8. The van der Waals surface area contributed by atoms with E-state index in [0.29, 0.717) is 19.6 Å². The number of aromatic nitrogens is 1. The molecule has 2 aromatic rings. The smallest absolute Gasteiger partial charge is 0.407 e. The Labute approximate surface area is 151 Å². The molecule has 3 aliphatic rings. The Morgan fingerprint density at radius 2 is 2.08 bits per heavy atom. The predicted octanol–water partition coefficient (Wildman–Crippen LogP) is 2.76. The molecule has 6 heteroatoms. The van der Waals surface area contributed by atoms with Gasteiger partial charge in [-0.25, -0.2) is 4.79 Å². The maximum atomic E-state index is 13.1. The van der Waals surface area contributed by atoms with E-state index in [-0.39, 0.29) is 12.0 Å². The van der Waals surface area contributed by atoms with Crippen LogP contribution in [-0.4, -0.2) is 47.1 Å². The molecule has 2 amide bonds. The molecular weight excluding hydrogens is 330 g/mol. The monoisotopic (exact) mass is 353 g/mol. The third kappa shape index (κ3) is 2.47. The fourth-order valence-electron chi connectivity index (χ4n) is 4.72. The van der Waals surface area contributed by atoms with Gasteiger partial charge in [-0.05, 0) is 62.3 Å². The summed E-state index contributed by atoms with van der Waals surface area (Å²) in [7, 11) is 0. The van der Waals surface area contributed by atoms with Crippen LogP contribution in [0, 0.1) is 0 Å². The molecule has 5 rings (SSSR count). The van der Waals surface area contributed by atoms with Crippen molar-refractivity contribution in [3.63, 3.8) is 0 Å². The second-order valence-electron chi connectivity index (χ2n) is 7.81. The van der Waals surface area contributed by atoms with Crippen molar-refractivity contribution >= 4 is 22.9 Å². The number of carbonyl (C=O) groups is 2. The highest BCUT2D eigenvalue weighted by molar-refractivity contribution is 5.99. The minimum atomic E-state index is -0.553. The maximum absolute atomic E-state index is 13.1. The summed E-state index contributed by atoms with van der Waals surface area (Å²) in [6.07, 6.45) is 5.91. The van der Waals surface area contributed by atoms with Crippen molar-refractivity contribution < 1.29 is 14.3 Å². The number of alkyl carbamates (subject to hydrolysis) is 1. The van der Waals surface area contributed by atoms with Gasteiger partial charge < -0.3 is 19.9 Å². The molecule has 1 atom stereocenters. The molecule has 136 valence electrons. The van der Waals surface area contributed by atoms with Gasteiger partial charge in [-0.2, -0.15) is 0 Å². The van der Waals surface area contributed by atoms with E-state index in [2.05, 4.69) is 10.3 Å². The zero-order valence-corrected chi connectivity index (χ0v) is 14.8. The second kappa shape index (κ2) is 5.76. The number of aromatic amines is 1. The van der Waals surface area contributed by atoms with Gasteiger partial charge >= 0.3 is 6.09 Å². The first-order chi connectivity index (χ1) is 12.6. The van der Waals surface area contributed by atoms with Gasteiger partial charge in [0.05, 0.1) is 13.1 Å². The number of hydrogen-bond donors (Lipinski definition) is 2. The van der Waals surface area contributed by atoms with E-state index < -0.39 is 5.60 Å². The molecule has 2 aliphatic heterocycles. The Morgan fingerprint density at radius 3 is 2.92 bits per heavy atom. The fourth-order valence-corrected chi connectivity index (χ4v) is 4.72. The van der Waals surface area contributed by atoms with E-state index in [4.69, 9.17) is 4.74 Å². The number of hydrogen-bond acceptors (Lipinski definition) is 3. The molecule has 1 aliphatic carbocycles. The van der Waals surface area contributed by atoms with E-state index in [1.807, 2.05) is 23.1 Å². The lowest BCUT2D eigenvalue weighted by Gasteiger charge is -2.38. The van der Waals surface area contributed by atoms with Crippen LogP contribution in [0.15, 0.2) is 18.2 Å². The molecule has 0 bridgehead atoms. The standard InChI is InChI=1S/C20H23N3O3/c24-18(23-9-3-8-20(12-23)11-21-19(25)26-20)13-6-7-17-15(10-13)14-4-1-2-5-16(14)22-17/h6-7,10,22H,1-5,8-9,11-12H2,(H,21,25). The first-order valence-electron chi connectivity index (χ1n) is 9.53. The Morgan fingerprint density at radius 1 is 1.19 bits per heavy atom. The lowest BCUT2D eigenvalue weighted by atomic mass is 9.92. The number of nitrogens with zero attached hydrogens (tertiary/aromatic N) is 1. The zero-order chi connectivity index (χ0) is 17.7. The molecule has 0 saturated carbocycles. The summed E-state index contributed by atoms with van der Waals surface area (Å²) in [5.74, 6) is 0.0275. The summed E-state index contributed by atoms with van der Waals surface area (Å²) in [6.45, 7) is 1.66. The Bertz CT molecular complexity index is 903. The van der Waals surface area contributed by atoms with Crippen molar-refractivity contribution in [1.82, 2.24) is 15.2 Å². The molecule has 6 nitrogen and oxygen atoms in total. The first kappa shape index (κ1) is 15.7. The summed E-state index contributed by atoms with van der Waals surface area (Å²) in [6, 6.07) is 5.98. The van der Waals surface area contributed by atoms with E-state index in [9.17, 15) is 9.59 Å². The van der Waals surface area contributed by atoms with Gasteiger partial charge in [0.1, 0.15) is 5.60 Å². The highest BCUT2D eigenvalue weighted by atomic mass is 16.6. The van der Waals surface area contributed by atoms with Gasteiger partial charge in [0.25, 0.3) is 5.91 Å². The lowest BCUT2D eigenvalue weighted by Crippen LogP contribution is -2.52. The molecule has 1 aromatic carbocycles. The topological polar surface area (TPSA) is 74.4 Å². The number of piperidine rings is 1. The molecular formula is C20H23N3O3. The molecule has 0 radical (unpaired) electrons. The average molecular weight is 353 g/mol. The van der Waals surface area contributed by atoms with Gasteiger partial charge in [-0.1, -0.05) is 0 Å². The van der Waals surface area contributed by atoms with Crippen molar-refractivity contribution in [2.75, 3.05) is 19.6 Å². The van der Waals surface area contributed by atoms with Crippen molar-refractivity contribution in [1.29, 1.82) is 0 Å². The van der Waals surface area contributed by atoms with Crippen LogP contribution in [0.5, 0.6) is 0 Å². The number of nitrogens with one attached hydrogen (secondary N) is 2. The normalized spacial score (nSPS) is 25.2. The molecule has 1 aromatic heterocycles. The van der Waals surface area contributed by atoms with Crippen LogP contribution in [0.25, 0.3) is 10.9 Å². The Kier molecular flexibility index (Phi) is 3.48. The van der Waals surface area contributed by atoms with Crippen LogP contribution >= 0.6 is 0 Å². The number of benzene rings is 1. The van der Waals surface area contributed by atoms with Crippen molar-refractivity contribution in [2.45, 2.75) is 44.1 Å². The number of amides is 2. The lowest BCUT2D eigenvalue weighted by molar-refractivity contribution is -0.00503. The first-order valence-corrected chi connectivity index (χ1v) is 9.53. The van der Waals surface area contributed by atoms with E-state index >= 15 is 0 Å². The van der Waals surface area contributed by atoms with Gasteiger partial charge in [0, 0.05) is 28.7 Å². The molecule has 26 heavy (non-hydrogen) atoms. The minimum Gasteiger partial charge on any atom is -0.439 e. The van der Waals surface area contributed by atoms with E-state index in [1.54, 1.807) is 0 Å². The average Bonchev–Trinajstić information content (AvgIpc) is 3.21. The molecule has 3 heterocycles. The van der Waals surface area contributed by atoms with Crippen LogP contribution in [-0.2, 0) is 17.6 Å². The molecule has 2 fully saturated rings. The summed E-state index contributed by atoms with van der Waals surface area (Å²) in [5, 5.41) is 3.92. The quantitative estimate of drug-likeness (QED) is 0.828. The van der Waals surface area contributed by atoms with Crippen LogP contribution < -0.4 is 5.32 Å². The third-order valence-corrected chi connectivity index (χ3v) is 6.04. The second-order valence-corrected chi connectivity index (χ2v) is 7.81. The highest BCUT2D eigenvalue weighted by Gasteiger charge is 2.44. The number of fused-ring (bicyclic) bond motifs is 3. The Balaban J connectivity index is 1.44.